The number of ether oxygens (including phenoxy) is 2. The molecule has 0 N–H and O–H groups in total. The molecule has 138 valence electrons. The molecule has 0 radical (unpaired) electrons. The summed E-state index contributed by atoms with van der Waals surface area (Å²) in [4.78, 5) is 25.6. The van der Waals surface area contributed by atoms with Crippen molar-refractivity contribution < 1.29 is 24.2 Å². The zero-order valence-electron chi connectivity index (χ0n) is 14.4. The number of carbonyl (C=O) groups is 2. The van der Waals surface area contributed by atoms with Crippen LogP contribution in [0.25, 0.3) is 6.08 Å². The number of thiocarbonyl (C=S) groups is 1. The summed E-state index contributed by atoms with van der Waals surface area (Å²) in [6.45, 7) is 0. The molecule has 0 aliphatic carbocycles. The van der Waals surface area contributed by atoms with Crippen LogP contribution in [0.2, 0.25) is 0 Å². The Balaban J connectivity index is 1.93. The van der Waals surface area contributed by atoms with Gasteiger partial charge >= 0.3 is 0 Å². The molecular weight excluding hydrogens is 386 g/mol. The van der Waals surface area contributed by atoms with Gasteiger partial charge in [-0.2, -0.15) is 0 Å². The molecule has 1 heterocycles. The lowest BCUT2D eigenvalue weighted by Crippen LogP contribution is -2.28. The number of methoxy groups -OCH3 is 2. The van der Waals surface area contributed by atoms with E-state index in [1.54, 1.807) is 37.5 Å². The third-order valence-corrected chi connectivity index (χ3v) is 5.14. The molecular formula is C19H14NO5S2-. The number of nitrogens with zero attached hydrogens (tertiary/aromatic N) is 1. The number of thioether (sulfide) groups is 1. The zero-order valence-corrected chi connectivity index (χ0v) is 16.1. The first-order valence-electron chi connectivity index (χ1n) is 7.76. The highest BCUT2D eigenvalue weighted by Gasteiger charge is 2.33. The summed E-state index contributed by atoms with van der Waals surface area (Å²) >= 11 is 6.45. The fourth-order valence-electron chi connectivity index (χ4n) is 2.56. The molecule has 1 saturated heterocycles. The van der Waals surface area contributed by atoms with Gasteiger partial charge in [0.15, 0.2) is 15.8 Å². The molecule has 0 bridgehead atoms. The van der Waals surface area contributed by atoms with E-state index in [1.165, 1.54) is 30.2 Å². The Hall–Kier alpha value is -2.84. The molecule has 0 saturated carbocycles. The van der Waals surface area contributed by atoms with Crippen molar-refractivity contribution in [2.24, 2.45) is 0 Å². The van der Waals surface area contributed by atoms with E-state index in [-0.39, 0.29) is 11.5 Å². The van der Waals surface area contributed by atoms with Crippen LogP contribution in [0.1, 0.15) is 15.9 Å². The van der Waals surface area contributed by atoms with Crippen molar-refractivity contribution in [1.29, 1.82) is 0 Å². The Labute approximate surface area is 165 Å². The lowest BCUT2D eigenvalue weighted by atomic mass is 10.1. The molecule has 1 aliphatic rings. The Bertz CT molecular complexity index is 970. The maximum Gasteiger partial charge on any atom is 0.270 e. The highest BCUT2D eigenvalue weighted by atomic mass is 32.2. The fraction of sp³-hybridized carbons (Fsp3) is 0.105. The fourth-order valence-corrected chi connectivity index (χ4v) is 3.86. The molecule has 1 fully saturated rings. The molecule has 2 aromatic carbocycles. The Morgan fingerprint density at radius 2 is 1.89 bits per heavy atom. The van der Waals surface area contributed by atoms with Crippen molar-refractivity contribution in [3.8, 4) is 11.5 Å². The number of carboxylic acids is 1. The van der Waals surface area contributed by atoms with Crippen molar-refractivity contribution in [1.82, 2.24) is 0 Å². The number of hydrogen-bond acceptors (Lipinski definition) is 7. The van der Waals surface area contributed by atoms with Crippen LogP contribution < -0.4 is 19.5 Å². The predicted octanol–water partition coefficient (Wildman–Crippen LogP) is 2.47. The molecule has 3 rings (SSSR count). The van der Waals surface area contributed by atoms with Crippen LogP contribution in [-0.4, -0.2) is 30.4 Å². The smallest absolute Gasteiger partial charge is 0.270 e. The average molecular weight is 400 g/mol. The van der Waals surface area contributed by atoms with E-state index < -0.39 is 5.97 Å². The molecule has 6 nitrogen and oxygen atoms in total. The highest BCUT2D eigenvalue weighted by molar-refractivity contribution is 8.27. The zero-order chi connectivity index (χ0) is 19.6. The van der Waals surface area contributed by atoms with Crippen LogP contribution in [0.5, 0.6) is 11.5 Å². The SMILES string of the molecule is COc1ccc(/C=C2\SC(=S)N(c3cccc(C(=O)[O-])c3)C2=O)cc1OC. The van der Waals surface area contributed by atoms with Crippen LogP contribution in [-0.2, 0) is 4.79 Å². The summed E-state index contributed by atoms with van der Waals surface area (Å²) in [7, 11) is 3.08. The lowest BCUT2D eigenvalue weighted by molar-refractivity contribution is -0.255. The number of aromatic carboxylic acids is 1. The van der Waals surface area contributed by atoms with Crippen LogP contribution in [0.15, 0.2) is 47.4 Å². The van der Waals surface area contributed by atoms with E-state index in [2.05, 4.69) is 0 Å². The van der Waals surface area contributed by atoms with Crippen LogP contribution in [0, 0.1) is 0 Å². The standard InChI is InChI=1S/C19H15NO5S2/c1-24-14-7-6-11(8-15(14)25-2)9-16-17(21)20(19(26)27-16)13-5-3-4-12(10-13)18(22)23/h3-10H,1-2H3,(H,22,23)/p-1/b16-9-. The van der Waals surface area contributed by atoms with Gasteiger partial charge in [0.1, 0.15) is 0 Å². The molecule has 0 atom stereocenters. The predicted molar refractivity (Wildman–Crippen MR) is 106 cm³/mol. The van der Waals surface area contributed by atoms with Crippen LogP contribution in [0.3, 0.4) is 0 Å². The van der Waals surface area contributed by atoms with Crippen molar-refractivity contribution >= 4 is 51.9 Å². The van der Waals surface area contributed by atoms with Crippen LogP contribution in [0.4, 0.5) is 5.69 Å². The second kappa shape index (κ2) is 7.81. The van der Waals surface area contributed by atoms with Gasteiger partial charge in [0.25, 0.3) is 5.91 Å². The number of rotatable bonds is 5. The number of hydrogen-bond donors (Lipinski definition) is 0. The maximum absolute atomic E-state index is 12.8. The monoisotopic (exact) mass is 400 g/mol. The minimum atomic E-state index is -1.32. The van der Waals surface area contributed by atoms with Gasteiger partial charge in [-0.3, -0.25) is 9.69 Å². The van der Waals surface area contributed by atoms with Crippen molar-refractivity contribution in [3.63, 3.8) is 0 Å². The molecule has 0 spiro atoms. The summed E-state index contributed by atoms with van der Waals surface area (Å²) in [5, 5.41) is 11.1. The Morgan fingerprint density at radius 1 is 1.15 bits per heavy atom. The second-order valence-electron chi connectivity index (χ2n) is 5.47. The molecule has 8 heteroatoms. The largest absolute Gasteiger partial charge is 0.545 e. The number of benzene rings is 2. The maximum atomic E-state index is 12.8. The molecule has 0 unspecified atom stereocenters. The molecule has 2 aromatic rings. The summed E-state index contributed by atoms with van der Waals surface area (Å²) in [5.41, 5.74) is 1.11. The van der Waals surface area contributed by atoms with Crippen molar-refractivity contribution in [2.75, 3.05) is 19.1 Å². The molecule has 27 heavy (non-hydrogen) atoms. The number of carboxylic acid groups (broad SMARTS) is 1. The van der Waals surface area contributed by atoms with E-state index in [0.29, 0.717) is 26.4 Å². The van der Waals surface area contributed by atoms with Gasteiger partial charge in [0.2, 0.25) is 0 Å². The number of carbonyl (C=O) groups excluding carboxylic acids is 2. The van der Waals surface area contributed by atoms with E-state index in [9.17, 15) is 14.7 Å². The normalized spacial score (nSPS) is 15.3. The second-order valence-corrected chi connectivity index (χ2v) is 7.15. The van der Waals surface area contributed by atoms with Gasteiger partial charge in [-0.25, -0.2) is 0 Å². The third kappa shape index (κ3) is 3.81. The lowest BCUT2D eigenvalue weighted by Gasteiger charge is -2.15. The highest BCUT2D eigenvalue weighted by Crippen LogP contribution is 2.37. The summed E-state index contributed by atoms with van der Waals surface area (Å²) in [5.74, 6) is -0.511. The molecule has 1 amide bonds. The summed E-state index contributed by atoms with van der Waals surface area (Å²) < 4.78 is 10.8. The minimum Gasteiger partial charge on any atom is -0.545 e. The van der Waals surface area contributed by atoms with E-state index in [1.807, 2.05) is 0 Å². The van der Waals surface area contributed by atoms with E-state index >= 15 is 0 Å². The third-order valence-electron chi connectivity index (χ3n) is 3.84. The van der Waals surface area contributed by atoms with Gasteiger partial charge in [-0.1, -0.05) is 42.2 Å². The first-order chi connectivity index (χ1) is 12.9. The first kappa shape index (κ1) is 18.9. The summed E-state index contributed by atoms with van der Waals surface area (Å²) in [6, 6.07) is 11.2. The van der Waals surface area contributed by atoms with Crippen molar-refractivity contribution in [3.05, 3.63) is 58.5 Å². The Kier molecular flexibility index (Phi) is 5.48. The van der Waals surface area contributed by atoms with E-state index in [0.717, 1.165) is 17.3 Å². The molecule has 1 aliphatic heterocycles. The van der Waals surface area contributed by atoms with Crippen LogP contribution >= 0.6 is 24.0 Å². The minimum absolute atomic E-state index is 0.0228. The topological polar surface area (TPSA) is 78.9 Å². The van der Waals surface area contributed by atoms with Gasteiger partial charge in [-0.05, 0) is 41.5 Å². The summed E-state index contributed by atoms with van der Waals surface area (Å²) in [6.07, 6.45) is 1.70. The van der Waals surface area contributed by atoms with Gasteiger partial charge < -0.3 is 19.4 Å². The van der Waals surface area contributed by atoms with Gasteiger partial charge in [0, 0.05) is 0 Å². The number of amides is 1. The molecule has 0 aromatic heterocycles. The van der Waals surface area contributed by atoms with Gasteiger partial charge in [0.05, 0.1) is 30.8 Å². The van der Waals surface area contributed by atoms with E-state index in [4.69, 9.17) is 21.7 Å². The van der Waals surface area contributed by atoms with Crippen molar-refractivity contribution in [2.45, 2.75) is 0 Å². The number of anilines is 1. The first-order valence-corrected chi connectivity index (χ1v) is 8.98. The Morgan fingerprint density at radius 3 is 2.56 bits per heavy atom. The quantitative estimate of drug-likeness (QED) is 0.563. The average Bonchev–Trinajstić information content (AvgIpc) is 2.94. The van der Waals surface area contributed by atoms with Gasteiger partial charge in [-0.15, -0.1) is 0 Å².